The maximum atomic E-state index is 11.5. The van der Waals surface area contributed by atoms with Gasteiger partial charge in [-0.15, -0.1) is 11.3 Å². The minimum absolute atomic E-state index is 0.0126. The summed E-state index contributed by atoms with van der Waals surface area (Å²) in [5, 5.41) is 15.1. The number of nitrogens with zero attached hydrogens (tertiary/aromatic N) is 2. The third kappa shape index (κ3) is 3.59. The van der Waals surface area contributed by atoms with E-state index in [-0.39, 0.29) is 12.6 Å². The molecule has 0 unspecified atom stereocenters. The molecule has 7 heteroatoms. The molecule has 0 atom stereocenters. The second-order valence-electron chi connectivity index (χ2n) is 6.06. The topological polar surface area (TPSA) is 84.2 Å². The number of ketones is 1. The van der Waals surface area contributed by atoms with Gasteiger partial charge in [0.2, 0.25) is 6.79 Å². The van der Waals surface area contributed by atoms with Crippen LogP contribution in [0.25, 0.3) is 16.8 Å². The third-order valence-corrected chi connectivity index (χ3v) is 5.05. The molecule has 0 aliphatic carbocycles. The number of thiazole rings is 1. The Morgan fingerprint density at radius 2 is 2.11 bits per heavy atom. The summed E-state index contributed by atoms with van der Waals surface area (Å²) in [5.74, 6) is 1.39. The number of rotatable bonds is 5. The van der Waals surface area contributed by atoms with Crippen LogP contribution < -0.4 is 14.8 Å². The van der Waals surface area contributed by atoms with E-state index < -0.39 is 0 Å². The van der Waals surface area contributed by atoms with Crippen molar-refractivity contribution in [2.24, 2.45) is 0 Å². The summed E-state index contributed by atoms with van der Waals surface area (Å²) in [6.07, 6.45) is 1.60. The van der Waals surface area contributed by atoms with Crippen LogP contribution in [0.3, 0.4) is 0 Å². The third-order valence-electron chi connectivity index (χ3n) is 4.18. The van der Waals surface area contributed by atoms with Crippen molar-refractivity contribution in [3.63, 3.8) is 0 Å². The zero-order valence-corrected chi connectivity index (χ0v) is 15.7. The fourth-order valence-electron chi connectivity index (χ4n) is 2.71. The summed E-state index contributed by atoms with van der Waals surface area (Å²) in [7, 11) is 0. The lowest BCUT2D eigenvalue weighted by atomic mass is 10.1. The van der Waals surface area contributed by atoms with Gasteiger partial charge in [0, 0.05) is 28.4 Å². The Hall–Kier alpha value is -3.63. The Kier molecular flexibility index (Phi) is 4.79. The zero-order chi connectivity index (χ0) is 19.5. The van der Waals surface area contributed by atoms with Gasteiger partial charge in [0.1, 0.15) is 16.6 Å². The summed E-state index contributed by atoms with van der Waals surface area (Å²) in [6, 6.07) is 14.9. The summed E-state index contributed by atoms with van der Waals surface area (Å²) in [6.45, 7) is 1.74. The number of nitrogens with one attached hydrogen (secondary N) is 1. The van der Waals surface area contributed by atoms with Crippen molar-refractivity contribution >= 4 is 28.4 Å². The van der Waals surface area contributed by atoms with Crippen LogP contribution in [-0.2, 0) is 0 Å². The van der Waals surface area contributed by atoms with Gasteiger partial charge in [-0.3, -0.25) is 4.79 Å². The lowest BCUT2D eigenvalue weighted by Gasteiger charge is -2.03. The van der Waals surface area contributed by atoms with E-state index in [0.29, 0.717) is 27.6 Å². The monoisotopic (exact) mass is 389 g/mol. The van der Waals surface area contributed by atoms with E-state index in [0.717, 1.165) is 16.9 Å². The van der Waals surface area contributed by atoms with Gasteiger partial charge in [-0.25, -0.2) is 4.98 Å². The second-order valence-corrected chi connectivity index (χ2v) is 6.92. The number of hydrogen-bond acceptors (Lipinski definition) is 7. The highest BCUT2D eigenvalue weighted by atomic mass is 32.1. The molecule has 3 aromatic rings. The van der Waals surface area contributed by atoms with E-state index in [9.17, 15) is 10.1 Å². The molecule has 0 saturated carbocycles. The van der Waals surface area contributed by atoms with Gasteiger partial charge in [-0.1, -0.05) is 12.1 Å². The van der Waals surface area contributed by atoms with E-state index in [2.05, 4.69) is 16.4 Å². The Morgan fingerprint density at radius 1 is 1.25 bits per heavy atom. The number of anilines is 1. The van der Waals surface area contributed by atoms with Gasteiger partial charge >= 0.3 is 0 Å². The zero-order valence-electron chi connectivity index (χ0n) is 14.9. The summed E-state index contributed by atoms with van der Waals surface area (Å²) >= 11 is 1.39. The second kappa shape index (κ2) is 7.55. The molecule has 1 N–H and O–H groups in total. The Balaban J connectivity index is 1.56. The highest BCUT2D eigenvalue weighted by Crippen LogP contribution is 2.36. The molecule has 0 fully saturated rings. The first-order valence-corrected chi connectivity index (χ1v) is 9.36. The highest BCUT2D eigenvalue weighted by Gasteiger charge is 2.16. The van der Waals surface area contributed by atoms with Crippen molar-refractivity contribution in [1.29, 1.82) is 5.26 Å². The van der Waals surface area contributed by atoms with Crippen LogP contribution in [0.1, 0.15) is 22.3 Å². The number of benzene rings is 2. The molecular weight excluding hydrogens is 374 g/mol. The minimum Gasteiger partial charge on any atom is -0.454 e. The molecule has 4 rings (SSSR count). The molecule has 28 heavy (non-hydrogen) atoms. The highest BCUT2D eigenvalue weighted by molar-refractivity contribution is 7.11. The normalized spacial score (nSPS) is 12.5. The number of carbonyl (C=O) groups is 1. The van der Waals surface area contributed by atoms with E-state index in [4.69, 9.17) is 9.47 Å². The molecule has 2 aromatic carbocycles. The Bertz CT molecular complexity index is 1130. The van der Waals surface area contributed by atoms with Crippen molar-refractivity contribution in [1.82, 2.24) is 4.98 Å². The van der Waals surface area contributed by atoms with Crippen LogP contribution in [-0.4, -0.2) is 17.6 Å². The first-order valence-electron chi connectivity index (χ1n) is 8.48. The van der Waals surface area contributed by atoms with Crippen LogP contribution >= 0.6 is 11.3 Å². The SMILES string of the molecule is CC(=O)c1cccc(NC=C(C#N)c2nc(-c3ccc4c(c3)OCO4)cs2)c1. The maximum absolute atomic E-state index is 11.5. The number of aromatic nitrogens is 1. The van der Waals surface area contributed by atoms with Crippen molar-refractivity contribution in [2.75, 3.05) is 12.1 Å². The molecule has 0 spiro atoms. The van der Waals surface area contributed by atoms with Crippen LogP contribution in [0.15, 0.2) is 54.0 Å². The minimum atomic E-state index is -0.0126. The van der Waals surface area contributed by atoms with Gasteiger partial charge in [0.15, 0.2) is 17.3 Å². The molecule has 1 aliphatic heterocycles. The van der Waals surface area contributed by atoms with E-state index in [1.54, 1.807) is 24.4 Å². The maximum Gasteiger partial charge on any atom is 0.231 e. The quantitative estimate of drug-likeness (QED) is 0.502. The Labute approximate surface area is 165 Å². The number of Topliss-reactive ketones (excluding diaryl/α,β-unsaturated/α-hetero) is 1. The summed E-state index contributed by atoms with van der Waals surface area (Å²) in [4.78, 5) is 16.1. The average Bonchev–Trinajstić information content (AvgIpc) is 3.38. The molecule has 2 heterocycles. The van der Waals surface area contributed by atoms with Crippen LogP contribution in [0, 0.1) is 11.3 Å². The molecule has 0 amide bonds. The van der Waals surface area contributed by atoms with E-state index >= 15 is 0 Å². The standard InChI is InChI=1S/C21H15N3O3S/c1-13(25)14-3-2-4-17(7-14)23-10-16(9-22)21-24-18(11-28-21)15-5-6-19-20(8-15)27-12-26-19/h2-8,10-11,23H,12H2,1H3. The van der Waals surface area contributed by atoms with Gasteiger partial charge in [0.25, 0.3) is 0 Å². The molecule has 138 valence electrons. The summed E-state index contributed by atoms with van der Waals surface area (Å²) < 4.78 is 10.7. The number of nitriles is 1. The fraction of sp³-hybridized carbons (Fsp3) is 0.0952. The van der Waals surface area contributed by atoms with Gasteiger partial charge in [-0.2, -0.15) is 5.26 Å². The molecule has 6 nitrogen and oxygen atoms in total. The number of ether oxygens (including phenoxy) is 2. The van der Waals surface area contributed by atoms with E-state index in [1.165, 1.54) is 18.3 Å². The lowest BCUT2D eigenvalue weighted by Crippen LogP contribution is -1.95. The number of allylic oxidation sites excluding steroid dienone is 1. The number of carbonyl (C=O) groups excluding carboxylic acids is 1. The molecule has 0 bridgehead atoms. The number of fused-ring (bicyclic) bond motifs is 1. The van der Waals surface area contributed by atoms with E-state index in [1.807, 2.05) is 29.6 Å². The number of hydrogen-bond donors (Lipinski definition) is 1. The van der Waals surface area contributed by atoms with Crippen molar-refractivity contribution < 1.29 is 14.3 Å². The molecular formula is C21H15N3O3S. The van der Waals surface area contributed by atoms with Crippen LogP contribution in [0.2, 0.25) is 0 Å². The molecule has 0 saturated heterocycles. The largest absolute Gasteiger partial charge is 0.454 e. The van der Waals surface area contributed by atoms with Crippen molar-refractivity contribution in [2.45, 2.75) is 6.92 Å². The first-order chi connectivity index (χ1) is 13.6. The Morgan fingerprint density at radius 3 is 2.93 bits per heavy atom. The average molecular weight is 389 g/mol. The summed E-state index contributed by atoms with van der Waals surface area (Å²) in [5.41, 5.74) is 3.40. The van der Waals surface area contributed by atoms with Crippen LogP contribution in [0.5, 0.6) is 11.5 Å². The van der Waals surface area contributed by atoms with Crippen LogP contribution in [0.4, 0.5) is 5.69 Å². The van der Waals surface area contributed by atoms with Gasteiger partial charge in [0.05, 0.1) is 5.69 Å². The molecule has 1 aromatic heterocycles. The predicted octanol–water partition coefficient (Wildman–Crippen LogP) is 4.72. The predicted molar refractivity (Wildman–Crippen MR) is 107 cm³/mol. The molecule has 0 radical (unpaired) electrons. The smallest absolute Gasteiger partial charge is 0.231 e. The first kappa shape index (κ1) is 17.8. The molecule has 1 aliphatic rings. The van der Waals surface area contributed by atoms with Crippen molar-refractivity contribution in [3.8, 4) is 28.8 Å². The fourth-order valence-corrected chi connectivity index (χ4v) is 3.51. The van der Waals surface area contributed by atoms with Gasteiger partial charge in [-0.05, 0) is 37.3 Å². The van der Waals surface area contributed by atoms with Gasteiger partial charge < -0.3 is 14.8 Å². The lowest BCUT2D eigenvalue weighted by molar-refractivity contribution is 0.101. The van der Waals surface area contributed by atoms with Crippen molar-refractivity contribution in [3.05, 3.63) is 64.6 Å².